The summed E-state index contributed by atoms with van der Waals surface area (Å²) < 4.78 is 0. The van der Waals surface area contributed by atoms with Crippen molar-refractivity contribution >= 4 is 11.6 Å². The van der Waals surface area contributed by atoms with Crippen LogP contribution in [-0.4, -0.2) is 53.6 Å². The van der Waals surface area contributed by atoms with Crippen LogP contribution >= 0.6 is 0 Å². The Labute approximate surface area is 128 Å². The predicted octanol–water partition coefficient (Wildman–Crippen LogP) is 2.39. The van der Waals surface area contributed by atoms with Gasteiger partial charge in [0.2, 0.25) is 0 Å². The number of rotatable bonds is 5. The predicted molar refractivity (Wildman–Crippen MR) is 89.1 cm³/mol. The van der Waals surface area contributed by atoms with Crippen LogP contribution in [0.3, 0.4) is 0 Å². The van der Waals surface area contributed by atoms with Gasteiger partial charge in [0.25, 0.3) is 0 Å². The number of hydrogen-bond donors (Lipinski definition) is 1. The third-order valence-corrected chi connectivity index (χ3v) is 4.43. The average molecular weight is 291 g/mol. The molecule has 2 rings (SSSR count). The van der Waals surface area contributed by atoms with Crippen molar-refractivity contribution in [1.29, 1.82) is 0 Å². The molecule has 0 spiro atoms. The first kappa shape index (κ1) is 16.0. The van der Waals surface area contributed by atoms with E-state index < -0.39 is 0 Å². The van der Waals surface area contributed by atoms with Gasteiger partial charge in [0, 0.05) is 37.3 Å². The van der Waals surface area contributed by atoms with Gasteiger partial charge >= 0.3 is 0 Å². The van der Waals surface area contributed by atoms with E-state index in [0.717, 1.165) is 50.7 Å². The minimum absolute atomic E-state index is 0.172. The van der Waals surface area contributed by atoms with Gasteiger partial charge < -0.3 is 10.2 Å². The standard InChI is InChI=1S/C16H29N5/c1-6-8-17-14-13(7-2)15(19-12-18-14)21-10-9-20(5)16(3,4)11-21/h12H,6-11H2,1-5H3,(H,17,18,19). The molecule has 1 aromatic heterocycles. The fraction of sp³-hybridized carbons (Fsp3) is 0.750. The molecule has 0 aliphatic carbocycles. The van der Waals surface area contributed by atoms with Crippen molar-refractivity contribution in [2.24, 2.45) is 0 Å². The highest BCUT2D eigenvalue weighted by Crippen LogP contribution is 2.28. The highest BCUT2D eigenvalue weighted by molar-refractivity contribution is 5.59. The molecule has 0 saturated carbocycles. The topological polar surface area (TPSA) is 44.3 Å². The van der Waals surface area contributed by atoms with Crippen LogP contribution in [0.2, 0.25) is 0 Å². The SMILES string of the molecule is CCCNc1ncnc(N2CCN(C)C(C)(C)C2)c1CC. The first-order valence-electron chi connectivity index (χ1n) is 8.03. The van der Waals surface area contributed by atoms with Gasteiger partial charge in [-0.3, -0.25) is 4.90 Å². The summed E-state index contributed by atoms with van der Waals surface area (Å²) in [6.07, 6.45) is 3.75. The van der Waals surface area contributed by atoms with Crippen LogP contribution in [0.5, 0.6) is 0 Å². The van der Waals surface area contributed by atoms with Crippen LogP contribution in [0.1, 0.15) is 39.7 Å². The molecule has 0 aromatic carbocycles. The van der Waals surface area contributed by atoms with Crippen LogP contribution in [0, 0.1) is 0 Å². The van der Waals surface area contributed by atoms with Crippen LogP contribution < -0.4 is 10.2 Å². The zero-order valence-electron chi connectivity index (χ0n) is 14.1. The van der Waals surface area contributed by atoms with Crippen molar-refractivity contribution in [3.8, 4) is 0 Å². The lowest BCUT2D eigenvalue weighted by Crippen LogP contribution is -2.58. The van der Waals surface area contributed by atoms with E-state index in [2.05, 4.69) is 59.8 Å². The lowest BCUT2D eigenvalue weighted by molar-refractivity contribution is 0.138. The maximum absolute atomic E-state index is 4.59. The molecule has 0 atom stereocenters. The molecule has 1 fully saturated rings. The smallest absolute Gasteiger partial charge is 0.137 e. The normalized spacial score (nSPS) is 18.8. The Kier molecular flexibility index (Phi) is 5.04. The molecule has 1 N–H and O–H groups in total. The summed E-state index contributed by atoms with van der Waals surface area (Å²) in [5.41, 5.74) is 1.41. The molecule has 1 aromatic rings. The summed E-state index contributed by atoms with van der Waals surface area (Å²) in [4.78, 5) is 13.9. The van der Waals surface area contributed by atoms with Crippen molar-refractivity contribution in [2.45, 2.75) is 46.1 Å². The maximum atomic E-state index is 4.59. The fourth-order valence-corrected chi connectivity index (χ4v) is 2.82. The third kappa shape index (κ3) is 3.46. The zero-order chi connectivity index (χ0) is 15.5. The fourth-order valence-electron chi connectivity index (χ4n) is 2.82. The monoisotopic (exact) mass is 291 g/mol. The second-order valence-electron chi connectivity index (χ2n) is 6.46. The zero-order valence-corrected chi connectivity index (χ0v) is 14.1. The van der Waals surface area contributed by atoms with Gasteiger partial charge in [-0.05, 0) is 33.7 Å². The Balaban J connectivity index is 2.27. The summed E-state index contributed by atoms with van der Waals surface area (Å²) in [6, 6.07) is 0. The van der Waals surface area contributed by atoms with Gasteiger partial charge in [-0.25, -0.2) is 9.97 Å². The second-order valence-corrected chi connectivity index (χ2v) is 6.46. The summed E-state index contributed by atoms with van der Waals surface area (Å²) in [5, 5.41) is 3.43. The van der Waals surface area contributed by atoms with Gasteiger partial charge in [0.05, 0.1) is 0 Å². The van der Waals surface area contributed by atoms with Crippen molar-refractivity contribution in [3.63, 3.8) is 0 Å². The maximum Gasteiger partial charge on any atom is 0.137 e. The highest BCUT2D eigenvalue weighted by atomic mass is 15.3. The molecule has 1 aliphatic heterocycles. The highest BCUT2D eigenvalue weighted by Gasteiger charge is 2.32. The molecule has 0 unspecified atom stereocenters. The van der Waals surface area contributed by atoms with E-state index in [-0.39, 0.29) is 5.54 Å². The Hall–Kier alpha value is -1.36. The number of piperazine rings is 1. The quantitative estimate of drug-likeness (QED) is 0.902. The van der Waals surface area contributed by atoms with E-state index in [1.165, 1.54) is 5.56 Å². The van der Waals surface area contributed by atoms with Crippen molar-refractivity contribution in [3.05, 3.63) is 11.9 Å². The summed E-state index contributed by atoms with van der Waals surface area (Å²) in [6.45, 7) is 13.0. The number of likely N-dealkylation sites (N-methyl/N-ethyl adjacent to an activating group) is 1. The molecule has 1 saturated heterocycles. The van der Waals surface area contributed by atoms with Crippen LogP contribution in [-0.2, 0) is 6.42 Å². The average Bonchev–Trinajstić information content (AvgIpc) is 2.47. The molecular formula is C16H29N5. The second kappa shape index (κ2) is 6.60. The number of aromatic nitrogens is 2. The Bertz CT molecular complexity index is 472. The summed E-state index contributed by atoms with van der Waals surface area (Å²) in [5.74, 6) is 2.10. The Morgan fingerprint density at radius 3 is 2.62 bits per heavy atom. The molecule has 118 valence electrons. The van der Waals surface area contributed by atoms with E-state index in [1.54, 1.807) is 6.33 Å². The van der Waals surface area contributed by atoms with Gasteiger partial charge in [-0.15, -0.1) is 0 Å². The molecule has 0 amide bonds. The Morgan fingerprint density at radius 1 is 1.24 bits per heavy atom. The van der Waals surface area contributed by atoms with Crippen LogP contribution in [0.25, 0.3) is 0 Å². The summed E-state index contributed by atoms with van der Waals surface area (Å²) in [7, 11) is 2.20. The molecule has 0 bridgehead atoms. The van der Waals surface area contributed by atoms with Crippen molar-refractivity contribution in [2.75, 3.05) is 43.4 Å². The molecule has 0 radical (unpaired) electrons. The van der Waals surface area contributed by atoms with E-state index in [1.807, 2.05) is 0 Å². The van der Waals surface area contributed by atoms with E-state index >= 15 is 0 Å². The largest absolute Gasteiger partial charge is 0.370 e. The van der Waals surface area contributed by atoms with Gasteiger partial charge in [-0.2, -0.15) is 0 Å². The number of nitrogens with zero attached hydrogens (tertiary/aromatic N) is 4. The van der Waals surface area contributed by atoms with Gasteiger partial charge in [-0.1, -0.05) is 13.8 Å². The molecule has 21 heavy (non-hydrogen) atoms. The Morgan fingerprint density at radius 2 is 2.00 bits per heavy atom. The molecule has 5 nitrogen and oxygen atoms in total. The van der Waals surface area contributed by atoms with Crippen LogP contribution in [0.4, 0.5) is 11.6 Å². The van der Waals surface area contributed by atoms with Crippen molar-refractivity contribution < 1.29 is 0 Å². The van der Waals surface area contributed by atoms with Gasteiger partial charge in [0.1, 0.15) is 18.0 Å². The third-order valence-electron chi connectivity index (χ3n) is 4.43. The van der Waals surface area contributed by atoms with E-state index in [9.17, 15) is 0 Å². The first-order chi connectivity index (χ1) is 9.99. The minimum Gasteiger partial charge on any atom is -0.370 e. The first-order valence-corrected chi connectivity index (χ1v) is 8.03. The number of nitrogens with one attached hydrogen (secondary N) is 1. The molecular weight excluding hydrogens is 262 g/mol. The summed E-state index contributed by atoms with van der Waals surface area (Å²) >= 11 is 0. The van der Waals surface area contributed by atoms with Gasteiger partial charge in [0.15, 0.2) is 0 Å². The lowest BCUT2D eigenvalue weighted by atomic mass is 9.99. The molecule has 2 heterocycles. The minimum atomic E-state index is 0.172. The van der Waals surface area contributed by atoms with E-state index in [4.69, 9.17) is 0 Å². The number of hydrogen-bond acceptors (Lipinski definition) is 5. The number of anilines is 2. The molecule has 1 aliphatic rings. The van der Waals surface area contributed by atoms with Crippen LogP contribution in [0.15, 0.2) is 6.33 Å². The van der Waals surface area contributed by atoms with Crippen molar-refractivity contribution in [1.82, 2.24) is 14.9 Å². The lowest BCUT2D eigenvalue weighted by Gasteiger charge is -2.46. The van der Waals surface area contributed by atoms with E-state index in [0.29, 0.717) is 0 Å². The molecule has 5 heteroatoms.